The van der Waals surface area contributed by atoms with Crippen LogP contribution in [0.4, 0.5) is 0 Å². The van der Waals surface area contributed by atoms with E-state index in [9.17, 15) is 4.79 Å². The molecule has 0 atom stereocenters. The summed E-state index contributed by atoms with van der Waals surface area (Å²) in [6, 6.07) is 9.20. The molecule has 0 unspecified atom stereocenters. The average molecular weight is 247 g/mol. The number of aryl methyl sites for hydroxylation is 1. The van der Waals surface area contributed by atoms with Crippen LogP contribution in [-0.4, -0.2) is 25.2 Å². The van der Waals surface area contributed by atoms with Gasteiger partial charge in [0.05, 0.1) is 13.2 Å². The SMILES string of the molecule is CCOC(=O)CNC1CC(c2ccc(C)cc2)C1. The second-order valence-electron chi connectivity index (χ2n) is 4.96. The zero-order valence-electron chi connectivity index (χ0n) is 11.1. The Labute approximate surface area is 109 Å². The Balaban J connectivity index is 1.70. The summed E-state index contributed by atoms with van der Waals surface area (Å²) in [5.74, 6) is 0.488. The molecule has 0 aromatic heterocycles. The Bertz CT molecular complexity index is 393. The van der Waals surface area contributed by atoms with Gasteiger partial charge in [0.15, 0.2) is 0 Å². The van der Waals surface area contributed by atoms with Gasteiger partial charge in [-0.2, -0.15) is 0 Å². The van der Waals surface area contributed by atoms with Crippen LogP contribution in [-0.2, 0) is 9.53 Å². The molecule has 3 nitrogen and oxygen atoms in total. The first-order valence-electron chi connectivity index (χ1n) is 6.64. The molecule has 1 saturated carbocycles. The van der Waals surface area contributed by atoms with E-state index in [0.29, 0.717) is 25.1 Å². The first kappa shape index (κ1) is 13.1. The molecule has 0 saturated heterocycles. The van der Waals surface area contributed by atoms with Crippen LogP contribution in [0, 0.1) is 6.92 Å². The number of carbonyl (C=O) groups excluding carboxylic acids is 1. The fraction of sp³-hybridized carbons (Fsp3) is 0.533. The van der Waals surface area contributed by atoms with Crippen molar-refractivity contribution in [3.8, 4) is 0 Å². The van der Waals surface area contributed by atoms with Gasteiger partial charge in [0.2, 0.25) is 0 Å². The Kier molecular flexibility index (Phi) is 4.37. The molecule has 0 heterocycles. The van der Waals surface area contributed by atoms with Crippen LogP contribution in [0.2, 0.25) is 0 Å². The van der Waals surface area contributed by atoms with Crippen LogP contribution < -0.4 is 5.32 Å². The van der Waals surface area contributed by atoms with Crippen molar-refractivity contribution in [1.29, 1.82) is 0 Å². The third-order valence-corrected chi connectivity index (χ3v) is 3.53. The van der Waals surface area contributed by atoms with Gasteiger partial charge in [-0.15, -0.1) is 0 Å². The fourth-order valence-corrected chi connectivity index (χ4v) is 2.33. The summed E-state index contributed by atoms with van der Waals surface area (Å²) in [4.78, 5) is 11.2. The summed E-state index contributed by atoms with van der Waals surface area (Å²) in [6.07, 6.45) is 2.23. The Morgan fingerprint density at radius 1 is 1.33 bits per heavy atom. The third-order valence-electron chi connectivity index (χ3n) is 3.53. The molecule has 0 spiro atoms. The Hall–Kier alpha value is -1.35. The summed E-state index contributed by atoms with van der Waals surface area (Å²) in [5.41, 5.74) is 2.71. The molecular weight excluding hydrogens is 226 g/mol. The molecule has 1 aliphatic carbocycles. The zero-order chi connectivity index (χ0) is 13.0. The van der Waals surface area contributed by atoms with Gasteiger partial charge in [0.1, 0.15) is 0 Å². The van der Waals surface area contributed by atoms with Crippen molar-refractivity contribution in [3.05, 3.63) is 35.4 Å². The minimum atomic E-state index is -0.156. The van der Waals surface area contributed by atoms with Crippen molar-refractivity contribution in [2.24, 2.45) is 0 Å². The highest BCUT2D eigenvalue weighted by Crippen LogP contribution is 2.36. The second-order valence-corrected chi connectivity index (χ2v) is 4.96. The van der Waals surface area contributed by atoms with Gasteiger partial charge in [0, 0.05) is 6.04 Å². The van der Waals surface area contributed by atoms with E-state index >= 15 is 0 Å². The predicted octanol–water partition coefficient (Wildman–Crippen LogP) is 2.39. The van der Waals surface area contributed by atoms with Gasteiger partial charge >= 0.3 is 5.97 Å². The molecule has 1 aliphatic rings. The molecule has 18 heavy (non-hydrogen) atoms. The molecule has 0 aliphatic heterocycles. The largest absolute Gasteiger partial charge is 0.465 e. The maximum Gasteiger partial charge on any atom is 0.319 e. The van der Waals surface area contributed by atoms with Gasteiger partial charge in [-0.25, -0.2) is 0 Å². The van der Waals surface area contributed by atoms with E-state index in [1.165, 1.54) is 11.1 Å². The van der Waals surface area contributed by atoms with Crippen molar-refractivity contribution in [2.75, 3.05) is 13.2 Å². The van der Waals surface area contributed by atoms with Crippen LogP contribution >= 0.6 is 0 Å². The lowest BCUT2D eigenvalue weighted by Gasteiger charge is -2.36. The average Bonchev–Trinajstić information content (AvgIpc) is 2.29. The number of carbonyl (C=O) groups is 1. The monoisotopic (exact) mass is 247 g/mol. The topological polar surface area (TPSA) is 38.3 Å². The highest BCUT2D eigenvalue weighted by Gasteiger charge is 2.30. The molecule has 3 heteroatoms. The summed E-state index contributed by atoms with van der Waals surface area (Å²) >= 11 is 0. The first-order chi connectivity index (χ1) is 8.69. The van der Waals surface area contributed by atoms with E-state index in [4.69, 9.17) is 4.74 Å². The van der Waals surface area contributed by atoms with Crippen molar-refractivity contribution >= 4 is 5.97 Å². The summed E-state index contributed by atoms with van der Waals surface area (Å²) < 4.78 is 4.88. The molecule has 0 radical (unpaired) electrons. The normalized spacial score (nSPS) is 22.3. The second kappa shape index (κ2) is 6.01. The molecule has 1 fully saturated rings. The van der Waals surface area contributed by atoms with Crippen LogP contribution in [0.5, 0.6) is 0 Å². The van der Waals surface area contributed by atoms with E-state index in [1.807, 2.05) is 6.92 Å². The smallest absolute Gasteiger partial charge is 0.319 e. The van der Waals surface area contributed by atoms with E-state index in [1.54, 1.807) is 0 Å². The molecule has 98 valence electrons. The number of hydrogen-bond donors (Lipinski definition) is 1. The lowest BCUT2D eigenvalue weighted by molar-refractivity contribution is -0.142. The Morgan fingerprint density at radius 3 is 2.61 bits per heavy atom. The van der Waals surface area contributed by atoms with Crippen LogP contribution in [0.15, 0.2) is 24.3 Å². The zero-order valence-corrected chi connectivity index (χ0v) is 11.1. The molecule has 2 rings (SSSR count). The first-order valence-corrected chi connectivity index (χ1v) is 6.64. The van der Waals surface area contributed by atoms with Crippen molar-refractivity contribution in [1.82, 2.24) is 5.32 Å². The standard InChI is InChI=1S/C15H21NO2/c1-3-18-15(17)10-16-14-8-13(9-14)12-6-4-11(2)5-7-12/h4-7,13-14,16H,3,8-10H2,1-2H3. The van der Waals surface area contributed by atoms with E-state index in [2.05, 4.69) is 36.5 Å². The van der Waals surface area contributed by atoms with Crippen LogP contribution in [0.3, 0.4) is 0 Å². The number of hydrogen-bond acceptors (Lipinski definition) is 3. The summed E-state index contributed by atoms with van der Waals surface area (Å²) in [6.45, 7) is 4.72. The van der Waals surface area contributed by atoms with Gasteiger partial charge in [-0.05, 0) is 38.2 Å². The number of nitrogens with one attached hydrogen (secondary N) is 1. The molecule has 1 aromatic carbocycles. The Morgan fingerprint density at radius 2 is 2.00 bits per heavy atom. The van der Waals surface area contributed by atoms with Crippen molar-refractivity contribution < 1.29 is 9.53 Å². The van der Waals surface area contributed by atoms with Gasteiger partial charge in [0.25, 0.3) is 0 Å². The van der Waals surface area contributed by atoms with Gasteiger partial charge in [-0.3, -0.25) is 4.79 Å². The maximum absolute atomic E-state index is 11.2. The van der Waals surface area contributed by atoms with E-state index in [-0.39, 0.29) is 5.97 Å². The number of ether oxygens (including phenoxy) is 1. The predicted molar refractivity (Wildman–Crippen MR) is 71.6 cm³/mol. The molecule has 1 N–H and O–H groups in total. The van der Waals surface area contributed by atoms with Gasteiger partial charge < -0.3 is 10.1 Å². The molecule has 0 bridgehead atoms. The van der Waals surface area contributed by atoms with Gasteiger partial charge in [-0.1, -0.05) is 29.8 Å². The van der Waals surface area contributed by atoms with Crippen LogP contribution in [0.25, 0.3) is 0 Å². The fourth-order valence-electron chi connectivity index (χ4n) is 2.33. The van der Waals surface area contributed by atoms with E-state index in [0.717, 1.165) is 12.8 Å². The van der Waals surface area contributed by atoms with Crippen LogP contribution in [0.1, 0.15) is 36.8 Å². The molecule has 0 amide bonds. The highest BCUT2D eigenvalue weighted by atomic mass is 16.5. The maximum atomic E-state index is 11.2. The molecule has 1 aromatic rings. The quantitative estimate of drug-likeness (QED) is 0.812. The third kappa shape index (κ3) is 3.33. The number of rotatable bonds is 5. The number of benzene rings is 1. The number of esters is 1. The highest BCUT2D eigenvalue weighted by molar-refractivity contribution is 5.71. The summed E-state index contributed by atoms with van der Waals surface area (Å²) in [5, 5.41) is 3.24. The lowest BCUT2D eigenvalue weighted by atomic mass is 9.76. The minimum absolute atomic E-state index is 0.156. The van der Waals surface area contributed by atoms with Crippen molar-refractivity contribution in [2.45, 2.75) is 38.6 Å². The minimum Gasteiger partial charge on any atom is -0.465 e. The van der Waals surface area contributed by atoms with E-state index < -0.39 is 0 Å². The molecular formula is C15H21NO2. The summed E-state index contributed by atoms with van der Waals surface area (Å²) in [7, 11) is 0. The van der Waals surface area contributed by atoms with Crippen molar-refractivity contribution in [3.63, 3.8) is 0 Å². The lowest BCUT2D eigenvalue weighted by Crippen LogP contribution is -2.42.